The number of carbonyl (C=O) groups is 2. The largest absolute Gasteiger partial charge is 0.665 e. The quantitative estimate of drug-likeness (QED) is 0.502. The molecule has 4 unspecified atom stereocenters. The fourth-order valence-corrected chi connectivity index (χ4v) is 6.85. The van der Waals surface area contributed by atoms with E-state index in [9.17, 15) is 14.0 Å². The first-order valence-corrected chi connectivity index (χ1v) is 10.7. The van der Waals surface area contributed by atoms with Crippen molar-refractivity contribution in [2.45, 2.75) is 78.8 Å². The van der Waals surface area contributed by atoms with Crippen molar-refractivity contribution in [2.24, 2.45) is 40.4 Å². The zero-order chi connectivity index (χ0) is 21.3. The van der Waals surface area contributed by atoms with Crippen LogP contribution in [-0.4, -0.2) is 29.3 Å². The van der Waals surface area contributed by atoms with Crippen molar-refractivity contribution in [1.29, 1.82) is 0 Å². The molecule has 0 spiro atoms. The van der Waals surface area contributed by atoms with Crippen molar-refractivity contribution in [3.63, 3.8) is 0 Å². The van der Waals surface area contributed by atoms with Gasteiger partial charge in [0.25, 0.3) is 0 Å². The summed E-state index contributed by atoms with van der Waals surface area (Å²) in [6, 6.07) is 0. The van der Waals surface area contributed by atoms with Crippen LogP contribution in [0.5, 0.6) is 0 Å². The van der Waals surface area contributed by atoms with Crippen LogP contribution in [0.1, 0.15) is 72.6 Å². The molecule has 4 rings (SSSR count). The summed E-state index contributed by atoms with van der Waals surface area (Å²) in [6.07, 6.45) is 4.09. The van der Waals surface area contributed by atoms with Gasteiger partial charge in [-0.3, -0.25) is 9.59 Å². The number of aliphatic hydroxyl groups excluding tert-OH is 1. The number of alkyl halides is 1. The van der Waals surface area contributed by atoms with Gasteiger partial charge in [0.15, 0.2) is 12.0 Å². The number of Topliss-reactive ketones (excluding diaryl/α,β-unsaturated/α-hetero) is 2. The Labute approximate surface area is 200 Å². The second-order valence-electron chi connectivity index (χ2n) is 9.36. The molecule has 4 aliphatic rings. The Morgan fingerprint density at radius 1 is 1.03 bits per heavy atom. The SMILES string of the molecule is CC.O=[C-]O.[CH2-][C@H]1CCC2C3C(=O)C[C@@H]4CC(=O)[C@@H](F)C[C@]4(C)C3CCC21C.[Y]. The van der Waals surface area contributed by atoms with Gasteiger partial charge in [-0.15, -0.1) is 0 Å². The molecule has 4 saturated carbocycles. The molecule has 4 fully saturated rings. The Kier molecular flexibility index (Phi) is 9.67. The minimum Gasteiger partial charge on any atom is -0.665 e. The van der Waals surface area contributed by atoms with Gasteiger partial charge in [0.05, 0.1) is 0 Å². The molecule has 163 valence electrons. The minimum atomic E-state index is -1.32. The normalized spacial score (nSPS) is 45.0. The van der Waals surface area contributed by atoms with Crippen LogP contribution in [0.15, 0.2) is 0 Å². The maximum absolute atomic E-state index is 14.2. The smallest absolute Gasteiger partial charge is 0.167 e. The van der Waals surface area contributed by atoms with Crippen LogP contribution < -0.4 is 0 Å². The molecule has 0 aromatic rings. The van der Waals surface area contributed by atoms with E-state index < -0.39 is 6.17 Å². The molecule has 29 heavy (non-hydrogen) atoms. The summed E-state index contributed by atoms with van der Waals surface area (Å²) < 4.78 is 14.2. The first kappa shape index (κ1) is 26.9. The summed E-state index contributed by atoms with van der Waals surface area (Å²) in [5.74, 6) is 1.35. The van der Waals surface area contributed by atoms with Gasteiger partial charge in [-0.25, -0.2) is 4.39 Å². The average Bonchev–Trinajstić information content (AvgIpc) is 2.95. The summed E-state index contributed by atoms with van der Waals surface area (Å²) in [6.45, 7) is 13.3. The van der Waals surface area contributed by atoms with Crippen molar-refractivity contribution in [3.05, 3.63) is 6.92 Å². The molecule has 6 heteroatoms. The third-order valence-electron chi connectivity index (χ3n) is 8.48. The first-order chi connectivity index (χ1) is 13.2. The van der Waals surface area contributed by atoms with Crippen molar-refractivity contribution in [2.75, 3.05) is 0 Å². The maximum atomic E-state index is 14.2. The predicted octanol–water partition coefficient (Wildman–Crippen LogP) is 4.81. The molecule has 1 N–H and O–H groups in total. The molecule has 0 amide bonds. The van der Waals surface area contributed by atoms with Crippen LogP contribution in [-0.2, 0) is 47.1 Å². The van der Waals surface area contributed by atoms with Gasteiger partial charge >= 0.3 is 0 Å². The number of hydrogen-bond donors (Lipinski definition) is 1. The molecule has 0 bridgehead atoms. The molecule has 0 aromatic heterocycles. The van der Waals surface area contributed by atoms with E-state index in [1.807, 2.05) is 13.8 Å². The zero-order valence-electron chi connectivity index (χ0n) is 18.2. The summed E-state index contributed by atoms with van der Waals surface area (Å²) in [4.78, 5) is 33.1. The van der Waals surface area contributed by atoms with E-state index in [4.69, 9.17) is 9.90 Å². The number of ketones is 2. The molecule has 0 saturated heterocycles. The molecule has 8 atom stereocenters. The molecule has 4 aliphatic carbocycles. The fraction of sp³-hybridized carbons (Fsp3) is 0.826. The maximum Gasteiger partial charge on any atom is 0.167 e. The third-order valence-corrected chi connectivity index (χ3v) is 8.48. The van der Waals surface area contributed by atoms with E-state index in [2.05, 4.69) is 20.8 Å². The van der Waals surface area contributed by atoms with E-state index in [1.54, 1.807) is 0 Å². The molecule has 1 radical (unpaired) electrons. The molecule has 0 aromatic carbocycles. The second kappa shape index (κ2) is 10.4. The summed E-state index contributed by atoms with van der Waals surface area (Å²) in [5.41, 5.74) is 0.00607. The minimum absolute atomic E-state index is 0. The Hall–Kier alpha value is -0.156. The molecular weight excluding hydrogens is 448 g/mol. The van der Waals surface area contributed by atoms with Crippen LogP contribution >= 0.6 is 0 Å². The van der Waals surface area contributed by atoms with Crippen molar-refractivity contribution in [1.82, 2.24) is 0 Å². The fourth-order valence-electron chi connectivity index (χ4n) is 6.85. The second-order valence-corrected chi connectivity index (χ2v) is 9.36. The van der Waals surface area contributed by atoms with Gasteiger partial charge in [0.1, 0.15) is 5.78 Å². The summed E-state index contributed by atoms with van der Waals surface area (Å²) in [7, 11) is 0. The molecule has 4 nitrogen and oxygen atoms in total. The third kappa shape index (κ3) is 4.56. The van der Waals surface area contributed by atoms with E-state index in [0.717, 1.165) is 25.7 Å². The average molecular weight is 483 g/mol. The van der Waals surface area contributed by atoms with Gasteiger partial charge in [-0.2, -0.15) is 5.92 Å². The number of hydrogen-bond acceptors (Lipinski definition) is 3. The van der Waals surface area contributed by atoms with Gasteiger partial charge in [-0.1, -0.05) is 52.4 Å². The summed E-state index contributed by atoms with van der Waals surface area (Å²) >= 11 is 0. The van der Waals surface area contributed by atoms with E-state index >= 15 is 0 Å². The van der Waals surface area contributed by atoms with Gasteiger partial charge < -0.3 is 16.8 Å². The van der Waals surface area contributed by atoms with Crippen LogP contribution in [0.25, 0.3) is 0 Å². The van der Waals surface area contributed by atoms with E-state index in [1.165, 1.54) is 0 Å². The van der Waals surface area contributed by atoms with E-state index in [-0.39, 0.29) is 73.5 Å². The van der Waals surface area contributed by atoms with Gasteiger partial charge in [0, 0.05) is 51.5 Å². The van der Waals surface area contributed by atoms with Crippen LogP contribution in [0.2, 0.25) is 0 Å². The van der Waals surface area contributed by atoms with Gasteiger partial charge in [0.2, 0.25) is 0 Å². The standard InChI is InChI=1S/C20H28FO2.C2H6.CHO2.Y/c1-11-4-5-13-18-14(6-7-19(11,13)2)20(3)10-15(21)16(22)8-12(20)9-17(18)23;1-2;2-1-3;/h11-15,18H,1,4-10H2,2-3H3;1-2H3;(H,2,3);/q-1;;-1;/t11-,12-,13?,14?,15-,18?,19?,20-;;;/m0.../s1. The molecule has 0 heterocycles. The van der Waals surface area contributed by atoms with Crippen molar-refractivity contribution in [3.8, 4) is 0 Å². The van der Waals surface area contributed by atoms with Gasteiger partial charge in [-0.05, 0) is 42.4 Å². The first-order valence-electron chi connectivity index (χ1n) is 10.7. The van der Waals surface area contributed by atoms with E-state index in [0.29, 0.717) is 36.9 Å². The summed E-state index contributed by atoms with van der Waals surface area (Å²) in [5, 5.41) is 6.76. The topological polar surface area (TPSA) is 71.4 Å². The molecular formula is C23H35FO4Y-2. The van der Waals surface area contributed by atoms with Crippen molar-refractivity contribution >= 4 is 18.0 Å². The number of carbonyl (C=O) groups excluding carboxylic acids is 2. The van der Waals surface area contributed by atoms with Crippen LogP contribution in [0.3, 0.4) is 0 Å². The number of fused-ring (bicyclic) bond motifs is 5. The molecule has 0 aliphatic heterocycles. The zero-order valence-corrected chi connectivity index (χ0v) is 21.1. The monoisotopic (exact) mass is 483 g/mol. The van der Waals surface area contributed by atoms with Crippen LogP contribution in [0.4, 0.5) is 4.39 Å². The Morgan fingerprint density at radius 2 is 1.55 bits per heavy atom. The predicted molar refractivity (Wildman–Crippen MR) is 106 cm³/mol. The Balaban J connectivity index is 0.000000645. The Bertz CT molecular complexity index is 612. The Morgan fingerprint density at radius 3 is 2.14 bits per heavy atom. The van der Waals surface area contributed by atoms with Crippen LogP contribution in [0, 0.1) is 47.3 Å². The van der Waals surface area contributed by atoms with Crippen molar-refractivity contribution < 1.29 is 56.6 Å². The number of rotatable bonds is 0. The number of halogens is 1.